The van der Waals surface area contributed by atoms with Crippen molar-refractivity contribution in [2.24, 2.45) is 11.8 Å². The van der Waals surface area contributed by atoms with E-state index in [0.29, 0.717) is 30.2 Å². The summed E-state index contributed by atoms with van der Waals surface area (Å²) >= 11 is 0. The van der Waals surface area contributed by atoms with Crippen molar-refractivity contribution in [3.8, 4) is 5.75 Å². The Hall–Kier alpha value is -2.12. The minimum Gasteiger partial charge on any atom is -0.491 e. The van der Waals surface area contributed by atoms with Crippen molar-refractivity contribution in [2.75, 3.05) is 45.7 Å². The van der Waals surface area contributed by atoms with Crippen molar-refractivity contribution >= 4 is 17.5 Å². The first-order chi connectivity index (χ1) is 14.8. The van der Waals surface area contributed by atoms with Crippen LogP contribution in [0.5, 0.6) is 5.75 Å². The fourth-order valence-corrected chi connectivity index (χ4v) is 4.12. The molecule has 172 valence electrons. The van der Waals surface area contributed by atoms with Gasteiger partial charge >= 0.3 is 0 Å². The van der Waals surface area contributed by atoms with Crippen LogP contribution in [0.3, 0.4) is 0 Å². The van der Waals surface area contributed by atoms with Crippen LogP contribution < -0.4 is 10.1 Å². The average Bonchev–Trinajstić information content (AvgIpc) is 3.60. The number of likely N-dealkylation sites (N-methyl/N-ethyl adjacent to an activating group) is 1. The minimum atomic E-state index is -0.134. The topological polar surface area (TPSA) is 71.1 Å². The molecular formula is C24H37N3O4. The van der Waals surface area contributed by atoms with Gasteiger partial charge in [-0.1, -0.05) is 13.8 Å². The van der Waals surface area contributed by atoms with Crippen LogP contribution >= 0.6 is 0 Å². The van der Waals surface area contributed by atoms with Gasteiger partial charge in [0.1, 0.15) is 12.4 Å². The number of amides is 2. The number of nitrogens with one attached hydrogen (secondary N) is 1. The van der Waals surface area contributed by atoms with E-state index in [1.165, 1.54) is 0 Å². The number of rotatable bonds is 5. The van der Waals surface area contributed by atoms with E-state index in [0.717, 1.165) is 32.4 Å². The van der Waals surface area contributed by atoms with Crippen molar-refractivity contribution in [3.63, 3.8) is 0 Å². The first-order valence-electron chi connectivity index (χ1n) is 11.4. The lowest BCUT2D eigenvalue weighted by Crippen LogP contribution is -2.46. The SMILES string of the molecule is CCCN1C[C@@H](C)[C@H](OC)CN(C)C(=O)c2cc(NC(=O)C3CC3)ccc2OC[C@@H]1C. The summed E-state index contributed by atoms with van der Waals surface area (Å²) in [4.78, 5) is 29.6. The monoisotopic (exact) mass is 431 g/mol. The number of fused-ring (bicyclic) bond motifs is 1. The molecule has 7 nitrogen and oxygen atoms in total. The van der Waals surface area contributed by atoms with E-state index >= 15 is 0 Å². The molecule has 0 aromatic heterocycles. The van der Waals surface area contributed by atoms with Crippen LogP contribution in [0.1, 0.15) is 50.4 Å². The smallest absolute Gasteiger partial charge is 0.257 e. The third-order valence-corrected chi connectivity index (χ3v) is 6.30. The van der Waals surface area contributed by atoms with Gasteiger partial charge in [0, 0.05) is 44.9 Å². The molecule has 31 heavy (non-hydrogen) atoms. The number of hydrogen-bond donors (Lipinski definition) is 1. The van der Waals surface area contributed by atoms with E-state index < -0.39 is 0 Å². The van der Waals surface area contributed by atoms with E-state index in [1.807, 2.05) is 6.07 Å². The summed E-state index contributed by atoms with van der Waals surface area (Å²) in [5.74, 6) is 0.798. The Bertz CT molecular complexity index is 780. The molecule has 0 saturated heterocycles. The molecule has 1 N–H and O–H groups in total. The van der Waals surface area contributed by atoms with Gasteiger partial charge in [0.25, 0.3) is 5.91 Å². The molecule has 0 spiro atoms. The average molecular weight is 432 g/mol. The van der Waals surface area contributed by atoms with Gasteiger partial charge in [-0.2, -0.15) is 0 Å². The van der Waals surface area contributed by atoms with Gasteiger partial charge in [0.05, 0.1) is 11.7 Å². The fraction of sp³-hybridized carbons (Fsp3) is 0.667. The van der Waals surface area contributed by atoms with Crippen LogP contribution in [0, 0.1) is 11.8 Å². The number of methoxy groups -OCH3 is 1. The molecule has 7 heteroatoms. The molecular weight excluding hydrogens is 394 g/mol. The van der Waals surface area contributed by atoms with Gasteiger partial charge in [-0.3, -0.25) is 14.5 Å². The lowest BCUT2D eigenvalue weighted by Gasteiger charge is -2.35. The summed E-state index contributed by atoms with van der Waals surface area (Å²) in [6.07, 6.45) is 2.87. The van der Waals surface area contributed by atoms with Gasteiger partial charge in [0.2, 0.25) is 5.91 Å². The Morgan fingerprint density at radius 2 is 2.00 bits per heavy atom. The highest BCUT2D eigenvalue weighted by Crippen LogP contribution is 2.31. The molecule has 2 amide bonds. The largest absolute Gasteiger partial charge is 0.491 e. The Kier molecular flexibility index (Phi) is 7.94. The zero-order valence-corrected chi connectivity index (χ0v) is 19.5. The maximum Gasteiger partial charge on any atom is 0.257 e. The summed E-state index contributed by atoms with van der Waals surface area (Å²) < 4.78 is 11.9. The van der Waals surface area contributed by atoms with E-state index in [4.69, 9.17) is 9.47 Å². The molecule has 0 radical (unpaired) electrons. The Labute approximate surface area is 186 Å². The van der Waals surface area contributed by atoms with Gasteiger partial charge in [-0.05, 0) is 56.8 Å². The third-order valence-electron chi connectivity index (χ3n) is 6.30. The molecule has 0 unspecified atom stereocenters. The van der Waals surface area contributed by atoms with Crippen LogP contribution in [0.2, 0.25) is 0 Å². The standard InChI is InChI=1S/C24H37N3O4/c1-6-11-27-13-16(2)22(30-5)14-26(4)24(29)20-12-19(25-23(28)18-7-8-18)9-10-21(20)31-15-17(27)3/h9-10,12,16-18,22H,6-8,11,13-15H2,1-5H3,(H,25,28)/t16-,17+,22-/m1/s1. The molecule has 2 aliphatic rings. The molecule has 3 atom stereocenters. The number of anilines is 1. The normalized spacial score (nSPS) is 25.8. The van der Waals surface area contributed by atoms with Crippen molar-refractivity contribution < 1.29 is 19.1 Å². The highest BCUT2D eigenvalue weighted by Gasteiger charge is 2.31. The summed E-state index contributed by atoms with van der Waals surface area (Å²) in [6.45, 7) is 9.37. The third kappa shape index (κ3) is 5.98. The van der Waals surface area contributed by atoms with Crippen LogP contribution in [0.25, 0.3) is 0 Å². The predicted molar refractivity (Wildman–Crippen MR) is 122 cm³/mol. The molecule has 1 aliphatic heterocycles. The lowest BCUT2D eigenvalue weighted by molar-refractivity contribution is -0.117. The van der Waals surface area contributed by atoms with E-state index in [2.05, 4.69) is 31.0 Å². The van der Waals surface area contributed by atoms with Crippen LogP contribution in [0.4, 0.5) is 5.69 Å². The van der Waals surface area contributed by atoms with Gasteiger partial charge in [-0.15, -0.1) is 0 Å². The first-order valence-corrected chi connectivity index (χ1v) is 11.4. The second-order valence-electron chi connectivity index (χ2n) is 9.07. The summed E-state index contributed by atoms with van der Waals surface area (Å²) in [5.41, 5.74) is 1.10. The zero-order valence-electron chi connectivity index (χ0n) is 19.5. The van der Waals surface area contributed by atoms with E-state index in [-0.39, 0.29) is 35.8 Å². The number of benzene rings is 1. The van der Waals surface area contributed by atoms with Crippen molar-refractivity contribution in [1.29, 1.82) is 0 Å². The molecule has 0 bridgehead atoms. The number of nitrogens with zero attached hydrogens (tertiary/aromatic N) is 2. The maximum atomic E-state index is 13.3. The van der Waals surface area contributed by atoms with Crippen molar-refractivity contribution in [3.05, 3.63) is 23.8 Å². The lowest BCUT2D eigenvalue weighted by atomic mass is 10.0. The molecule has 1 fully saturated rings. The van der Waals surface area contributed by atoms with Gasteiger partial charge in [0.15, 0.2) is 0 Å². The molecule has 1 saturated carbocycles. The maximum absolute atomic E-state index is 13.3. The highest BCUT2D eigenvalue weighted by atomic mass is 16.5. The number of carbonyl (C=O) groups is 2. The zero-order chi connectivity index (χ0) is 22.5. The molecule has 1 aromatic carbocycles. The highest BCUT2D eigenvalue weighted by molar-refractivity contribution is 6.00. The quantitative estimate of drug-likeness (QED) is 0.775. The summed E-state index contributed by atoms with van der Waals surface area (Å²) in [6, 6.07) is 5.55. The van der Waals surface area contributed by atoms with Crippen LogP contribution in [-0.4, -0.2) is 74.2 Å². The molecule has 3 rings (SSSR count). The Balaban J connectivity index is 1.90. The molecule has 1 heterocycles. The second kappa shape index (κ2) is 10.5. The van der Waals surface area contributed by atoms with E-state index in [1.54, 1.807) is 31.2 Å². The van der Waals surface area contributed by atoms with Gasteiger partial charge in [-0.25, -0.2) is 0 Å². The number of ether oxygens (including phenoxy) is 2. The van der Waals surface area contributed by atoms with Crippen LogP contribution in [0.15, 0.2) is 18.2 Å². The molecule has 1 aliphatic carbocycles. The predicted octanol–water partition coefficient (Wildman–Crippen LogP) is 3.25. The summed E-state index contributed by atoms with van der Waals surface area (Å²) in [5, 5.41) is 2.94. The Morgan fingerprint density at radius 3 is 2.65 bits per heavy atom. The first kappa shape index (κ1) is 23.5. The number of carbonyl (C=O) groups excluding carboxylic acids is 2. The van der Waals surface area contributed by atoms with Crippen molar-refractivity contribution in [1.82, 2.24) is 9.80 Å². The van der Waals surface area contributed by atoms with E-state index in [9.17, 15) is 9.59 Å². The minimum absolute atomic E-state index is 0.0203. The van der Waals surface area contributed by atoms with Crippen molar-refractivity contribution in [2.45, 2.75) is 52.2 Å². The summed E-state index contributed by atoms with van der Waals surface area (Å²) in [7, 11) is 3.50. The van der Waals surface area contributed by atoms with Gasteiger partial charge < -0.3 is 19.7 Å². The number of hydrogen-bond acceptors (Lipinski definition) is 5. The van der Waals surface area contributed by atoms with Crippen LogP contribution in [-0.2, 0) is 9.53 Å². The Morgan fingerprint density at radius 1 is 1.26 bits per heavy atom. The molecule has 1 aromatic rings. The fourth-order valence-electron chi connectivity index (χ4n) is 4.12. The second-order valence-corrected chi connectivity index (χ2v) is 9.07.